The van der Waals surface area contributed by atoms with Gasteiger partial charge < -0.3 is 15.2 Å². The molecule has 0 atom stereocenters. The highest BCUT2D eigenvalue weighted by atomic mass is 35.5. The lowest BCUT2D eigenvalue weighted by Gasteiger charge is -2.10. The Hall–Kier alpha value is -5.17. The molecule has 6 aromatic rings. The number of rotatable bonds is 9. The molecule has 6 rings (SSSR count). The molecule has 0 aliphatic heterocycles. The Balaban J connectivity index is 0.000000177. The Morgan fingerprint density at radius 1 is 0.667 bits per heavy atom. The lowest BCUT2D eigenvalue weighted by molar-refractivity contribution is 0.101. The number of hydrogen-bond donors (Lipinski definition) is 2. The van der Waals surface area contributed by atoms with Crippen molar-refractivity contribution < 1.29 is 19.1 Å². The molecule has 0 aliphatic rings. The molecule has 0 fully saturated rings. The molecular weight excluding hydrogens is 632 g/mol. The van der Waals surface area contributed by atoms with Gasteiger partial charge in [-0.3, -0.25) is 14.9 Å². The van der Waals surface area contributed by atoms with Crippen LogP contribution < -0.4 is 20.5 Å². The van der Waals surface area contributed by atoms with Crippen LogP contribution in [-0.4, -0.2) is 31.1 Å². The summed E-state index contributed by atoms with van der Waals surface area (Å²) in [6.07, 6.45) is 6.38. The average molecular weight is 659 g/mol. The number of nitrogen functional groups attached to an aromatic ring is 1. The zero-order chi connectivity index (χ0) is 31.7. The summed E-state index contributed by atoms with van der Waals surface area (Å²) in [6.45, 7) is 0.758. The van der Waals surface area contributed by atoms with E-state index in [1.807, 2.05) is 66.0 Å². The highest BCUT2D eigenvalue weighted by Crippen LogP contribution is 2.20. The molecule has 0 aliphatic carbocycles. The molecule has 3 N–H and O–H groups in total. The van der Waals surface area contributed by atoms with E-state index in [9.17, 15) is 9.59 Å². The van der Waals surface area contributed by atoms with Crippen molar-refractivity contribution in [2.24, 2.45) is 0 Å². The van der Waals surface area contributed by atoms with Gasteiger partial charge in [-0.15, -0.1) is 22.7 Å². The van der Waals surface area contributed by atoms with Gasteiger partial charge in [0, 0.05) is 35.5 Å². The number of nitrogens with one attached hydrogen (secondary N) is 1. The highest BCUT2D eigenvalue weighted by molar-refractivity contribution is 7.13. The Kier molecular flexibility index (Phi) is 13.0. The molecule has 1 amide bonds. The average Bonchev–Trinajstić information content (AvgIpc) is 3.79. The number of aromatic nitrogens is 4. The monoisotopic (exact) mass is 658 g/mol. The fourth-order valence-corrected chi connectivity index (χ4v) is 4.53. The van der Waals surface area contributed by atoms with E-state index in [0.29, 0.717) is 35.0 Å². The van der Waals surface area contributed by atoms with Crippen molar-refractivity contribution in [3.8, 4) is 11.5 Å². The van der Waals surface area contributed by atoms with Crippen molar-refractivity contribution in [1.29, 1.82) is 0 Å². The summed E-state index contributed by atoms with van der Waals surface area (Å²) in [5, 5.41) is 6.89. The van der Waals surface area contributed by atoms with Crippen LogP contribution in [0.25, 0.3) is 0 Å². The second-order valence-electron chi connectivity index (χ2n) is 8.68. The second kappa shape index (κ2) is 17.8. The van der Waals surface area contributed by atoms with Crippen LogP contribution >= 0.6 is 34.3 Å². The van der Waals surface area contributed by atoms with Gasteiger partial charge in [0.25, 0.3) is 11.1 Å². The minimum Gasteiger partial charge on any atom is -0.486 e. The third kappa shape index (κ3) is 11.1. The lowest BCUT2D eigenvalue weighted by atomic mass is 10.2. The van der Waals surface area contributed by atoms with Crippen molar-refractivity contribution in [2.75, 3.05) is 11.1 Å². The number of pyridine rings is 2. The molecule has 0 bridgehead atoms. The van der Waals surface area contributed by atoms with E-state index < -0.39 is 5.24 Å². The van der Waals surface area contributed by atoms with Crippen molar-refractivity contribution >= 4 is 55.7 Å². The number of benzene rings is 2. The third-order valence-corrected chi connectivity index (χ3v) is 6.99. The van der Waals surface area contributed by atoms with Crippen LogP contribution in [0.2, 0.25) is 0 Å². The molecule has 0 radical (unpaired) electrons. The number of carbonyl (C=O) groups is 2. The van der Waals surface area contributed by atoms with Gasteiger partial charge in [-0.05, 0) is 47.0 Å². The number of thiazole rings is 2. The summed E-state index contributed by atoms with van der Waals surface area (Å²) in [6, 6.07) is 26.3. The summed E-state index contributed by atoms with van der Waals surface area (Å²) >= 11 is 8.20. The number of hydrogen-bond acceptors (Lipinski definition) is 11. The molecule has 10 nitrogen and oxygen atoms in total. The van der Waals surface area contributed by atoms with Gasteiger partial charge in [-0.25, -0.2) is 19.9 Å². The van der Waals surface area contributed by atoms with Crippen LogP contribution in [0, 0.1) is 0 Å². The molecular formula is C32H27ClN6O4S2. The number of nitrogens with two attached hydrogens (primary N) is 1. The van der Waals surface area contributed by atoms with Gasteiger partial charge in [0.05, 0.1) is 0 Å². The first-order valence-corrected chi connectivity index (χ1v) is 15.4. The fraction of sp³-hybridized carbons (Fsp3) is 0.0625. The topological polar surface area (TPSA) is 142 Å². The quantitative estimate of drug-likeness (QED) is 0.155. The molecule has 0 saturated carbocycles. The number of nitrogens with zero attached hydrogens (tertiary/aromatic N) is 4. The smallest absolute Gasteiger partial charge is 0.279 e. The SMILES string of the molecule is Nc1nccs1.O=C(Cl)c1ncccc1OCc1ccccc1.O=C(Nc1nccs1)c1ncccc1OCc1ccccc1. The Morgan fingerprint density at radius 2 is 1.20 bits per heavy atom. The van der Waals surface area contributed by atoms with E-state index in [2.05, 4.69) is 25.3 Å². The minimum atomic E-state index is -0.617. The molecule has 0 unspecified atom stereocenters. The molecule has 4 heterocycles. The summed E-state index contributed by atoms with van der Waals surface area (Å²) in [5.41, 5.74) is 7.62. The van der Waals surface area contributed by atoms with Crippen molar-refractivity contribution in [2.45, 2.75) is 13.2 Å². The van der Waals surface area contributed by atoms with Crippen LogP contribution in [0.3, 0.4) is 0 Å². The summed E-state index contributed by atoms with van der Waals surface area (Å²) in [4.78, 5) is 39.1. The molecule has 13 heteroatoms. The van der Waals surface area contributed by atoms with Crippen LogP contribution in [0.5, 0.6) is 11.5 Å². The van der Waals surface area contributed by atoms with Crippen molar-refractivity contribution in [1.82, 2.24) is 19.9 Å². The lowest BCUT2D eigenvalue weighted by Crippen LogP contribution is -2.15. The molecule has 0 saturated heterocycles. The zero-order valence-corrected chi connectivity index (χ0v) is 26.0. The Bertz CT molecular complexity index is 1740. The van der Waals surface area contributed by atoms with E-state index in [-0.39, 0.29) is 17.3 Å². The van der Waals surface area contributed by atoms with Gasteiger partial charge >= 0.3 is 0 Å². The molecule has 4 aromatic heterocycles. The van der Waals surface area contributed by atoms with E-state index in [1.165, 1.54) is 28.9 Å². The number of halogens is 1. The third-order valence-electron chi connectivity index (χ3n) is 5.52. The van der Waals surface area contributed by atoms with Gasteiger partial charge in [-0.2, -0.15) is 0 Å². The van der Waals surface area contributed by atoms with Crippen molar-refractivity contribution in [3.05, 3.63) is 143 Å². The first-order chi connectivity index (χ1) is 22.0. The molecule has 228 valence electrons. The molecule has 2 aromatic carbocycles. The fourth-order valence-electron chi connectivity index (χ4n) is 3.48. The molecule has 45 heavy (non-hydrogen) atoms. The summed E-state index contributed by atoms with van der Waals surface area (Å²) in [7, 11) is 0. The first-order valence-electron chi connectivity index (χ1n) is 13.3. The van der Waals surface area contributed by atoms with E-state index in [1.54, 1.807) is 48.2 Å². The van der Waals surface area contributed by atoms with Gasteiger partial charge in [0.15, 0.2) is 27.4 Å². The van der Waals surface area contributed by atoms with Gasteiger partial charge in [0.1, 0.15) is 19.0 Å². The van der Waals surface area contributed by atoms with E-state index in [0.717, 1.165) is 11.1 Å². The van der Waals surface area contributed by atoms with Crippen LogP contribution in [0.4, 0.5) is 10.3 Å². The predicted molar refractivity (Wildman–Crippen MR) is 177 cm³/mol. The van der Waals surface area contributed by atoms with Crippen molar-refractivity contribution in [3.63, 3.8) is 0 Å². The normalized spacial score (nSPS) is 9.89. The van der Waals surface area contributed by atoms with Gasteiger partial charge in [-0.1, -0.05) is 60.7 Å². The minimum absolute atomic E-state index is 0.144. The largest absolute Gasteiger partial charge is 0.486 e. The van der Waals surface area contributed by atoms with E-state index >= 15 is 0 Å². The van der Waals surface area contributed by atoms with Crippen LogP contribution in [0.15, 0.2) is 120 Å². The van der Waals surface area contributed by atoms with E-state index in [4.69, 9.17) is 26.8 Å². The summed E-state index contributed by atoms with van der Waals surface area (Å²) < 4.78 is 11.2. The highest BCUT2D eigenvalue weighted by Gasteiger charge is 2.15. The van der Waals surface area contributed by atoms with Gasteiger partial charge in [0.2, 0.25) is 0 Å². The number of anilines is 2. The maximum Gasteiger partial charge on any atom is 0.279 e. The van der Waals surface area contributed by atoms with Crippen LogP contribution in [0.1, 0.15) is 32.1 Å². The first kappa shape index (κ1) is 32.7. The maximum atomic E-state index is 12.3. The predicted octanol–water partition coefficient (Wildman–Crippen LogP) is 7.13. The standard InChI is InChI=1S/C16H13N3O2S.C13H10ClNO2.C3H4N2S/c20-15(19-16-18-9-10-22-16)14-13(7-4-8-17-14)21-11-12-5-2-1-3-6-12;14-13(16)12-11(7-4-8-15-12)17-9-10-5-2-1-3-6-10;4-3-5-1-2-6-3/h1-10H,11H2,(H,18,19,20);1-8H,9H2;1-2H,(H2,4,5). The molecule has 0 spiro atoms. The number of carbonyl (C=O) groups excluding carboxylic acids is 2. The Morgan fingerprint density at radius 3 is 1.67 bits per heavy atom. The number of amides is 1. The maximum absolute atomic E-state index is 12.3. The van der Waals surface area contributed by atoms with Crippen LogP contribution in [-0.2, 0) is 13.2 Å². The summed E-state index contributed by atoms with van der Waals surface area (Å²) in [5.74, 6) is 0.510. The number of ether oxygens (including phenoxy) is 2. The second-order valence-corrected chi connectivity index (χ2v) is 10.8. The Labute approximate surface area is 272 Å². The zero-order valence-electron chi connectivity index (χ0n) is 23.7.